The normalized spacial score (nSPS) is 11.5. The number of ether oxygens (including phenoxy) is 1. The highest BCUT2D eigenvalue weighted by molar-refractivity contribution is 7.15. The number of carbonyl (C=O) groups excluding carboxylic acids is 2. The van der Waals surface area contributed by atoms with Crippen molar-refractivity contribution in [1.82, 2.24) is 19.6 Å². The van der Waals surface area contributed by atoms with Crippen LogP contribution in [0.2, 0.25) is 0 Å². The predicted molar refractivity (Wildman–Crippen MR) is 134 cm³/mol. The van der Waals surface area contributed by atoms with Crippen LogP contribution in [0.4, 0.5) is 24.8 Å². The molecular formula is C26H18F3N5O3S. The Balaban J connectivity index is 1.27. The van der Waals surface area contributed by atoms with E-state index in [-0.39, 0.29) is 5.56 Å². The second-order valence-electron chi connectivity index (χ2n) is 8.32. The highest BCUT2D eigenvalue weighted by Crippen LogP contribution is 2.31. The monoisotopic (exact) mass is 537 g/mol. The molecule has 5 aromatic rings. The number of hydrogen-bond acceptors (Lipinski definition) is 8. The second kappa shape index (κ2) is 10.1. The maximum Gasteiger partial charge on any atom is 0.491 e. The van der Waals surface area contributed by atoms with Gasteiger partial charge in [-0.25, -0.2) is 19.1 Å². The first kappa shape index (κ1) is 25.1. The van der Waals surface area contributed by atoms with Crippen LogP contribution in [0.25, 0.3) is 16.1 Å². The molecule has 0 amide bonds. The molecule has 0 aliphatic carbocycles. The van der Waals surface area contributed by atoms with Crippen LogP contribution in [-0.4, -0.2) is 37.7 Å². The van der Waals surface area contributed by atoms with Crippen LogP contribution >= 0.6 is 11.3 Å². The summed E-state index contributed by atoms with van der Waals surface area (Å²) < 4.78 is 42.4. The lowest BCUT2D eigenvalue weighted by molar-refractivity contribution is -0.193. The number of pyridine rings is 1. The van der Waals surface area contributed by atoms with Gasteiger partial charge in [-0.2, -0.15) is 18.2 Å². The van der Waals surface area contributed by atoms with Gasteiger partial charge in [0, 0.05) is 24.5 Å². The lowest BCUT2D eigenvalue weighted by atomic mass is 10.1. The first-order chi connectivity index (χ1) is 18.1. The fraction of sp³-hybridized carbons (Fsp3) is 0.115. The zero-order chi connectivity index (χ0) is 26.9. The number of fused-ring (bicyclic) bond motifs is 1. The number of aryl methyl sites for hydroxylation is 1. The molecule has 0 unspecified atom stereocenters. The van der Waals surface area contributed by atoms with E-state index in [0.29, 0.717) is 12.4 Å². The number of aromatic nitrogens is 4. The van der Waals surface area contributed by atoms with E-state index in [2.05, 4.69) is 25.1 Å². The summed E-state index contributed by atoms with van der Waals surface area (Å²) in [5, 5.41) is 8.47. The van der Waals surface area contributed by atoms with Crippen molar-refractivity contribution < 1.29 is 27.5 Å². The standard InChI is InChI=1S/C26H18F3N5O3S/c1-15-10-18(13-19(11-15)31-25-32-21-4-2-3-9-34(21)33-25)20-14-30-22(38-20)12-16-5-7-17(8-6-16)23(35)37-24(36)26(27,28)29/h2-11,13-14H,12H2,1H3,(H,31,33). The largest absolute Gasteiger partial charge is 0.491 e. The summed E-state index contributed by atoms with van der Waals surface area (Å²) in [6.07, 6.45) is -1.20. The number of nitrogens with one attached hydrogen (secondary N) is 1. The third-order valence-corrected chi connectivity index (χ3v) is 6.42. The summed E-state index contributed by atoms with van der Waals surface area (Å²) in [5.74, 6) is -3.43. The van der Waals surface area contributed by atoms with E-state index in [9.17, 15) is 22.8 Å². The summed E-state index contributed by atoms with van der Waals surface area (Å²) in [7, 11) is 0. The Morgan fingerprint density at radius 3 is 2.61 bits per heavy atom. The molecule has 0 aliphatic heterocycles. The maximum atomic E-state index is 12.3. The lowest BCUT2D eigenvalue weighted by Gasteiger charge is -2.07. The van der Waals surface area contributed by atoms with E-state index >= 15 is 0 Å². The highest BCUT2D eigenvalue weighted by atomic mass is 32.1. The summed E-state index contributed by atoms with van der Waals surface area (Å²) in [6.45, 7) is 1.99. The van der Waals surface area contributed by atoms with Gasteiger partial charge >= 0.3 is 18.1 Å². The highest BCUT2D eigenvalue weighted by Gasteiger charge is 2.42. The molecule has 0 aliphatic rings. The Bertz CT molecular complexity index is 1610. The molecule has 2 aromatic carbocycles. The van der Waals surface area contributed by atoms with Crippen LogP contribution in [0.5, 0.6) is 0 Å². The molecule has 0 bridgehead atoms. The average molecular weight is 538 g/mol. The van der Waals surface area contributed by atoms with Gasteiger partial charge in [0.15, 0.2) is 5.65 Å². The molecule has 3 aromatic heterocycles. The smallest absolute Gasteiger partial charge is 0.383 e. The molecule has 3 heterocycles. The maximum absolute atomic E-state index is 12.3. The number of halogens is 3. The number of carbonyl (C=O) groups is 2. The van der Waals surface area contributed by atoms with Crippen LogP contribution < -0.4 is 5.32 Å². The molecule has 12 heteroatoms. The van der Waals surface area contributed by atoms with Crippen molar-refractivity contribution in [2.75, 3.05) is 5.32 Å². The van der Waals surface area contributed by atoms with Crippen molar-refractivity contribution in [3.63, 3.8) is 0 Å². The first-order valence-electron chi connectivity index (χ1n) is 11.2. The Labute approximate surface area is 217 Å². The minimum absolute atomic E-state index is 0.161. The van der Waals surface area contributed by atoms with Gasteiger partial charge in [-0.3, -0.25) is 0 Å². The Kier molecular flexibility index (Phi) is 6.64. The topological polar surface area (TPSA) is 98.5 Å². The van der Waals surface area contributed by atoms with E-state index in [1.807, 2.05) is 49.5 Å². The van der Waals surface area contributed by atoms with Crippen LogP contribution in [0, 0.1) is 6.92 Å². The van der Waals surface area contributed by atoms with Crippen molar-refractivity contribution in [1.29, 1.82) is 0 Å². The third-order valence-electron chi connectivity index (χ3n) is 5.37. The van der Waals surface area contributed by atoms with Gasteiger partial charge in [-0.05, 0) is 60.0 Å². The summed E-state index contributed by atoms with van der Waals surface area (Å²) >= 11 is 1.49. The quantitative estimate of drug-likeness (QED) is 0.218. The number of benzene rings is 2. The van der Waals surface area contributed by atoms with Gasteiger partial charge in [0.1, 0.15) is 0 Å². The number of thiazole rings is 1. The summed E-state index contributed by atoms with van der Waals surface area (Å²) in [5.41, 5.74) is 4.19. The van der Waals surface area contributed by atoms with Crippen molar-refractivity contribution in [2.24, 2.45) is 0 Å². The molecule has 0 atom stereocenters. The predicted octanol–water partition coefficient (Wildman–Crippen LogP) is 5.74. The third kappa shape index (κ3) is 5.70. The average Bonchev–Trinajstić information content (AvgIpc) is 3.50. The van der Waals surface area contributed by atoms with Crippen molar-refractivity contribution in [2.45, 2.75) is 19.5 Å². The van der Waals surface area contributed by atoms with Gasteiger partial charge in [0.2, 0.25) is 5.95 Å². The van der Waals surface area contributed by atoms with Crippen LogP contribution in [-0.2, 0) is 16.0 Å². The Morgan fingerprint density at radius 1 is 1.08 bits per heavy atom. The van der Waals surface area contributed by atoms with E-state index in [0.717, 1.165) is 37.9 Å². The molecule has 1 N–H and O–H groups in total. The van der Waals surface area contributed by atoms with Gasteiger partial charge in [-0.15, -0.1) is 16.4 Å². The van der Waals surface area contributed by atoms with E-state index in [4.69, 9.17) is 0 Å². The molecule has 0 saturated heterocycles. The fourth-order valence-corrected chi connectivity index (χ4v) is 4.61. The Morgan fingerprint density at radius 2 is 1.87 bits per heavy atom. The van der Waals surface area contributed by atoms with E-state index in [1.165, 1.54) is 23.5 Å². The number of alkyl halides is 3. The number of esters is 2. The zero-order valence-electron chi connectivity index (χ0n) is 19.7. The molecule has 0 saturated carbocycles. The number of nitrogens with zero attached hydrogens (tertiary/aromatic N) is 4. The molecule has 0 spiro atoms. The summed E-state index contributed by atoms with van der Waals surface area (Å²) in [4.78, 5) is 32.5. The zero-order valence-corrected chi connectivity index (χ0v) is 20.5. The van der Waals surface area contributed by atoms with Gasteiger partial charge < -0.3 is 10.1 Å². The SMILES string of the molecule is Cc1cc(Nc2nc3ccccn3n2)cc(-c2cnc(Cc3ccc(C(=O)OC(=O)C(F)(F)F)cc3)s2)c1. The molecule has 38 heavy (non-hydrogen) atoms. The molecule has 8 nitrogen and oxygen atoms in total. The summed E-state index contributed by atoms with van der Waals surface area (Å²) in [6, 6.07) is 17.4. The Hall–Kier alpha value is -4.58. The van der Waals surface area contributed by atoms with Gasteiger partial charge in [0.25, 0.3) is 0 Å². The molecule has 5 rings (SSSR count). The molecule has 0 fully saturated rings. The molecule has 192 valence electrons. The van der Waals surface area contributed by atoms with Gasteiger partial charge in [-0.1, -0.05) is 24.3 Å². The number of anilines is 2. The van der Waals surface area contributed by atoms with E-state index < -0.39 is 18.1 Å². The van der Waals surface area contributed by atoms with Crippen LogP contribution in [0.15, 0.2) is 73.1 Å². The molecular weight excluding hydrogens is 519 g/mol. The van der Waals surface area contributed by atoms with Crippen molar-refractivity contribution >= 4 is 40.6 Å². The first-order valence-corrected chi connectivity index (χ1v) is 12.0. The number of rotatable bonds is 6. The molecule has 0 radical (unpaired) electrons. The van der Waals surface area contributed by atoms with Crippen molar-refractivity contribution in [3.8, 4) is 10.4 Å². The van der Waals surface area contributed by atoms with E-state index in [1.54, 1.807) is 22.8 Å². The van der Waals surface area contributed by atoms with Crippen LogP contribution in [0.1, 0.15) is 26.5 Å². The van der Waals surface area contributed by atoms with Crippen molar-refractivity contribution in [3.05, 3.63) is 94.8 Å². The van der Waals surface area contributed by atoms with Gasteiger partial charge in [0.05, 0.1) is 15.4 Å². The second-order valence-corrected chi connectivity index (χ2v) is 9.43. The van der Waals surface area contributed by atoms with Crippen LogP contribution in [0.3, 0.4) is 0 Å². The number of hydrogen-bond donors (Lipinski definition) is 1. The fourth-order valence-electron chi connectivity index (χ4n) is 3.67. The minimum Gasteiger partial charge on any atom is -0.383 e. The lowest BCUT2D eigenvalue weighted by Crippen LogP contribution is -2.28. The minimum atomic E-state index is -5.24.